The summed E-state index contributed by atoms with van der Waals surface area (Å²) >= 11 is 0. The first kappa shape index (κ1) is 14.2. The van der Waals surface area contributed by atoms with Crippen molar-refractivity contribution in [2.45, 2.75) is 13.0 Å². The van der Waals surface area contributed by atoms with E-state index >= 15 is 0 Å². The summed E-state index contributed by atoms with van der Waals surface area (Å²) in [5.41, 5.74) is 2.23. The van der Waals surface area contributed by atoms with Gasteiger partial charge in [0.2, 0.25) is 0 Å². The van der Waals surface area contributed by atoms with Gasteiger partial charge in [0, 0.05) is 25.4 Å². The fourth-order valence-electron chi connectivity index (χ4n) is 2.43. The highest BCUT2D eigenvalue weighted by molar-refractivity contribution is 5.30. The molecule has 0 fully saturated rings. The lowest BCUT2D eigenvalue weighted by Crippen LogP contribution is -2.05. The van der Waals surface area contributed by atoms with Crippen LogP contribution in [0.3, 0.4) is 0 Å². The van der Waals surface area contributed by atoms with Crippen LogP contribution < -0.4 is 4.74 Å². The van der Waals surface area contributed by atoms with Crippen LogP contribution in [0.1, 0.15) is 17.0 Å². The van der Waals surface area contributed by atoms with Crippen LogP contribution in [-0.2, 0) is 13.0 Å². The maximum absolute atomic E-state index is 9.56. The van der Waals surface area contributed by atoms with Gasteiger partial charge in [-0.25, -0.2) is 4.98 Å². The summed E-state index contributed by atoms with van der Waals surface area (Å²) in [7, 11) is 1.66. The molecule has 0 radical (unpaired) electrons. The molecular formula is C18H18N2O2. The molecule has 0 saturated carbocycles. The smallest absolute Gasteiger partial charge is 0.118 e. The molecular weight excluding hydrogens is 276 g/mol. The molecule has 3 aromatic rings. The maximum Gasteiger partial charge on any atom is 0.118 e. The average Bonchev–Trinajstić information content (AvgIpc) is 2.95. The molecule has 1 heterocycles. The molecule has 0 aliphatic carbocycles. The molecule has 22 heavy (non-hydrogen) atoms. The number of aromatic hydroxyl groups is 1. The first-order valence-electron chi connectivity index (χ1n) is 7.15. The molecule has 0 atom stereocenters. The SMILES string of the molecule is COc1ccc(Cc2nccn2Cc2cccc(O)c2)cc1. The predicted molar refractivity (Wildman–Crippen MR) is 85.2 cm³/mol. The van der Waals surface area contributed by atoms with E-state index in [0.717, 1.165) is 23.6 Å². The van der Waals surface area contributed by atoms with Gasteiger partial charge in [-0.3, -0.25) is 0 Å². The van der Waals surface area contributed by atoms with Crippen LogP contribution in [0, 0.1) is 0 Å². The van der Waals surface area contributed by atoms with E-state index in [9.17, 15) is 5.11 Å². The van der Waals surface area contributed by atoms with Crippen LogP contribution in [-0.4, -0.2) is 21.8 Å². The van der Waals surface area contributed by atoms with Crippen molar-refractivity contribution in [3.8, 4) is 11.5 Å². The van der Waals surface area contributed by atoms with Crippen molar-refractivity contribution in [1.29, 1.82) is 0 Å². The van der Waals surface area contributed by atoms with E-state index in [1.165, 1.54) is 5.56 Å². The molecule has 0 amide bonds. The number of hydrogen-bond acceptors (Lipinski definition) is 3. The Morgan fingerprint density at radius 1 is 1.09 bits per heavy atom. The van der Waals surface area contributed by atoms with E-state index in [4.69, 9.17) is 4.74 Å². The van der Waals surface area contributed by atoms with Gasteiger partial charge in [0.25, 0.3) is 0 Å². The number of hydrogen-bond donors (Lipinski definition) is 1. The number of imidazole rings is 1. The van der Waals surface area contributed by atoms with E-state index < -0.39 is 0 Å². The number of nitrogens with zero attached hydrogens (tertiary/aromatic N) is 2. The van der Waals surface area contributed by atoms with Crippen molar-refractivity contribution in [3.63, 3.8) is 0 Å². The zero-order chi connectivity index (χ0) is 15.4. The Morgan fingerprint density at radius 2 is 1.91 bits per heavy atom. The first-order valence-corrected chi connectivity index (χ1v) is 7.15. The van der Waals surface area contributed by atoms with Gasteiger partial charge in [0.1, 0.15) is 17.3 Å². The molecule has 112 valence electrons. The van der Waals surface area contributed by atoms with Gasteiger partial charge >= 0.3 is 0 Å². The van der Waals surface area contributed by atoms with Crippen LogP contribution >= 0.6 is 0 Å². The normalized spacial score (nSPS) is 10.6. The van der Waals surface area contributed by atoms with Crippen LogP contribution in [0.5, 0.6) is 11.5 Å². The highest BCUT2D eigenvalue weighted by Gasteiger charge is 2.06. The van der Waals surface area contributed by atoms with Crippen molar-refractivity contribution in [2.24, 2.45) is 0 Å². The number of phenolic OH excluding ortho intramolecular Hbond substituents is 1. The lowest BCUT2D eigenvalue weighted by Gasteiger charge is -2.09. The number of rotatable bonds is 5. The van der Waals surface area contributed by atoms with E-state index in [1.54, 1.807) is 19.2 Å². The van der Waals surface area contributed by atoms with Crippen molar-refractivity contribution >= 4 is 0 Å². The third-order valence-electron chi connectivity index (χ3n) is 3.59. The quantitative estimate of drug-likeness (QED) is 0.786. The zero-order valence-corrected chi connectivity index (χ0v) is 12.4. The van der Waals surface area contributed by atoms with Gasteiger partial charge in [0.15, 0.2) is 0 Å². The van der Waals surface area contributed by atoms with Crippen LogP contribution in [0.2, 0.25) is 0 Å². The minimum Gasteiger partial charge on any atom is -0.508 e. The summed E-state index contributed by atoms with van der Waals surface area (Å²) in [6, 6.07) is 15.3. The molecule has 1 aromatic heterocycles. The summed E-state index contributed by atoms with van der Waals surface area (Å²) < 4.78 is 7.27. The Hall–Kier alpha value is -2.75. The van der Waals surface area contributed by atoms with Gasteiger partial charge in [-0.15, -0.1) is 0 Å². The highest BCUT2D eigenvalue weighted by atomic mass is 16.5. The minimum atomic E-state index is 0.286. The average molecular weight is 294 g/mol. The molecule has 0 unspecified atom stereocenters. The van der Waals surface area contributed by atoms with Crippen molar-refractivity contribution in [3.05, 3.63) is 77.9 Å². The molecule has 1 N–H and O–H groups in total. The Balaban J connectivity index is 1.76. The summed E-state index contributed by atoms with van der Waals surface area (Å²) in [6.45, 7) is 0.694. The van der Waals surface area contributed by atoms with Gasteiger partial charge in [-0.1, -0.05) is 24.3 Å². The summed E-state index contributed by atoms with van der Waals surface area (Å²) in [5.74, 6) is 2.13. The standard InChI is InChI=1S/C18H18N2O2/c1-22-17-7-5-14(6-8-17)12-18-19-9-10-20(18)13-15-3-2-4-16(21)11-15/h2-11,21H,12-13H2,1H3. The Kier molecular flexibility index (Phi) is 4.10. The van der Waals surface area contributed by atoms with Crippen LogP contribution in [0.4, 0.5) is 0 Å². The van der Waals surface area contributed by atoms with E-state index in [0.29, 0.717) is 6.54 Å². The number of benzene rings is 2. The molecule has 0 spiro atoms. The molecule has 3 rings (SSSR count). The molecule has 0 aliphatic rings. The fourth-order valence-corrected chi connectivity index (χ4v) is 2.43. The van der Waals surface area contributed by atoms with Crippen molar-refractivity contribution in [2.75, 3.05) is 7.11 Å². The third kappa shape index (κ3) is 3.28. The summed E-state index contributed by atoms with van der Waals surface area (Å²) in [4.78, 5) is 4.44. The van der Waals surface area contributed by atoms with Crippen molar-refractivity contribution < 1.29 is 9.84 Å². The Morgan fingerprint density at radius 3 is 2.64 bits per heavy atom. The van der Waals surface area contributed by atoms with Gasteiger partial charge < -0.3 is 14.4 Å². The van der Waals surface area contributed by atoms with Crippen LogP contribution in [0.15, 0.2) is 60.9 Å². The molecule has 2 aromatic carbocycles. The summed E-state index contributed by atoms with van der Waals surface area (Å²) in [5, 5.41) is 9.56. The van der Waals surface area contributed by atoms with Gasteiger partial charge in [-0.2, -0.15) is 0 Å². The summed E-state index contributed by atoms with van der Waals surface area (Å²) in [6.07, 6.45) is 4.53. The minimum absolute atomic E-state index is 0.286. The van der Waals surface area contributed by atoms with Gasteiger partial charge in [-0.05, 0) is 35.4 Å². The van der Waals surface area contributed by atoms with E-state index in [2.05, 4.69) is 9.55 Å². The van der Waals surface area contributed by atoms with E-state index in [-0.39, 0.29) is 5.75 Å². The Labute approximate surface area is 129 Å². The Bertz CT molecular complexity index is 748. The zero-order valence-electron chi connectivity index (χ0n) is 12.4. The number of aromatic nitrogens is 2. The van der Waals surface area contributed by atoms with Crippen LogP contribution in [0.25, 0.3) is 0 Å². The van der Waals surface area contributed by atoms with Crippen molar-refractivity contribution in [1.82, 2.24) is 9.55 Å². The number of methoxy groups -OCH3 is 1. The van der Waals surface area contributed by atoms with E-state index in [1.807, 2.05) is 48.8 Å². The largest absolute Gasteiger partial charge is 0.508 e. The molecule has 4 nitrogen and oxygen atoms in total. The predicted octanol–water partition coefficient (Wildman–Crippen LogP) is 3.24. The fraction of sp³-hybridized carbons (Fsp3) is 0.167. The number of phenols is 1. The molecule has 0 bridgehead atoms. The molecule has 4 heteroatoms. The molecule has 0 aliphatic heterocycles. The monoisotopic (exact) mass is 294 g/mol. The molecule has 0 saturated heterocycles. The maximum atomic E-state index is 9.56. The third-order valence-corrected chi connectivity index (χ3v) is 3.59. The number of ether oxygens (including phenoxy) is 1. The topological polar surface area (TPSA) is 47.3 Å². The van der Waals surface area contributed by atoms with Gasteiger partial charge in [0.05, 0.1) is 7.11 Å². The first-order chi connectivity index (χ1) is 10.7. The lowest BCUT2D eigenvalue weighted by atomic mass is 10.1. The lowest BCUT2D eigenvalue weighted by molar-refractivity contribution is 0.414. The second kappa shape index (κ2) is 6.35. The highest BCUT2D eigenvalue weighted by Crippen LogP contribution is 2.16. The second-order valence-corrected chi connectivity index (χ2v) is 5.17. The second-order valence-electron chi connectivity index (χ2n) is 5.17.